The van der Waals surface area contributed by atoms with Crippen LogP contribution in [0, 0.1) is 11.8 Å². The first-order valence-electron chi connectivity index (χ1n) is 12.8. The van der Waals surface area contributed by atoms with Crippen molar-refractivity contribution in [1.29, 1.82) is 0 Å². The molecule has 2 heterocycles. The molecule has 2 aromatic rings. The maximum atomic E-state index is 13.4. The van der Waals surface area contributed by atoms with Crippen molar-refractivity contribution in [3.8, 4) is 0 Å². The molecule has 2 fully saturated rings. The summed E-state index contributed by atoms with van der Waals surface area (Å²) >= 11 is 0. The number of aromatic nitrogens is 1. The monoisotopic (exact) mass is 540 g/mol. The predicted molar refractivity (Wildman–Crippen MR) is 135 cm³/mol. The first kappa shape index (κ1) is 27.8. The number of halogens is 3. The highest BCUT2D eigenvalue weighted by Gasteiger charge is 2.44. The summed E-state index contributed by atoms with van der Waals surface area (Å²) in [6, 6.07) is 10.8. The van der Waals surface area contributed by atoms with Gasteiger partial charge in [0, 0.05) is 32.4 Å². The highest BCUT2D eigenvalue weighted by atomic mass is 32.2. The Hall–Kier alpha value is -2.21. The van der Waals surface area contributed by atoms with Crippen LogP contribution in [-0.2, 0) is 22.7 Å². The molecule has 0 unspecified atom stereocenters. The number of hydrogen-bond donors (Lipinski definition) is 2. The fourth-order valence-corrected chi connectivity index (χ4v) is 6.53. The Balaban J connectivity index is 1.34. The van der Waals surface area contributed by atoms with Crippen molar-refractivity contribution < 1.29 is 26.7 Å². The van der Waals surface area contributed by atoms with Crippen LogP contribution in [0.25, 0.3) is 0 Å². The maximum absolute atomic E-state index is 13.4. The van der Waals surface area contributed by atoms with Crippen LogP contribution in [0.3, 0.4) is 0 Å². The number of rotatable bonds is 11. The zero-order valence-electron chi connectivity index (χ0n) is 21.0. The lowest BCUT2D eigenvalue weighted by molar-refractivity contribution is -0.138. The zero-order valence-corrected chi connectivity index (χ0v) is 21.8. The van der Waals surface area contributed by atoms with Gasteiger partial charge in [0.05, 0.1) is 11.7 Å². The lowest BCUT2D eigenvalue weighted by Gasteiger charge is -2.49. The summed E-state index contributed by atoms with van der Waals surface area (Å²) in [7, 11) is -2.17. The van der Waals surface area contributed by atoms with Gasteiger partial charge in [0.1, 0.15) is 10.7 Å². The van der Waals surface area contributed by atoms with E-state index in [1.165, 1.54) is 5.56 Å². The van der Waals surface area contributed by atoms with Crippen molar-refractivity contribution >= 4 is 15.8 Å². The van der Waals surface area contributed by atoms with Gasteiger partial charge in [-0.1, -0.05) is 36.8 Å². The Morgan fingerprint density at radius 2 is 1.95 bits per heavy atom. The summed E-state index contributed by atoms with van der Waals surface area (Å²) in [6.45, 7) is 2.73. The molecule has 37 heavy (non-hydrogen) atoms. The molecule has 1 aliphatic heterocycles. The number of nitrogens with zero attached hydrogens (tertiary/aromatic N) is 3. The first-order chi connectivity index (χ1) is 17.5. The Labute approximate surface area is 216 Å². The minimum atomic E-state index is -4.70. The number of alkyl halides is 3. The predicted octanol–water partition coefficient (Wildman–Crippen LogP) is 3.89. The molecule has 11 heteroatoms. The van der Waals surface area contributed by atoms with Gasteiger partial charge in [0.15, 0.2) is 0 Å². The van der Waals surface area contributed by atoms with E-state index in [9.17, 15) is 26.7 Å². The Kier molecular flexibility index (Phi) is 8.77. The minimum absolute atomic E-state index is 0.0443. The summed E-state index contributed by atoms with van der Waals surface area (Å²) in [6.07, 6.45) is -0.852. The first-order valence-corrected chi connectivity index (χ1v) is 14.3. The van der Waals surface area contributed by atoms with Gasteiger partial charge in [0.2, 0.25) is 10.0 Å². The summed E-state index contributed by atoms with van der Waals surface area (Å²) < 4.78 is 68.9. The number of unbranched alkanes of at least 4 members (excludes halogenated alkanes) is 2. The van der Waals surface area contributed by atoms with Crippen molar-refractivity contribution in [2.24, 2.45) is 11.8 Å². The van der Waals surface area contributed by atoms with Crippen LogP contribution in [0.1, 0.15) is 43.2 Å². The van der Waals surface area contributed by atoms with Gasteiger partial charge in [-0.15, -0.1) is 0 Å². The van der Waals surface area contributed by atoms with Crippen LogP contribution in [0.15, 0.2) is 47.5 Å². The van der Waals surface area contributed by atoms with Crippen LogP contribution in [0.4, 0.5) is 19.0 Å². The Bertz CT molecular complexity index is 1150. The van der Waals surface area contributed by atoms with Gasteiger partial charge in [-0.3, -0.25) is 0 Å². The number of hydrogen-bond acceptors (Lipinski definition) is 6. The molecule has 204 valence electrons. The third-order valence-electron chi connectivity index (χ3n) is 7.38. The molecule has 1 aromatic heterocycles. The molecule has 2 N–H and O–H groups in total. The Morgan fingerprint density at radius 3 is 2.62 bits per heavy atom. The van der Waals surface area contributed by atoms with Crippen LogP contribution in [-0.4, -0.2) is 62.7 Å². The SMILES string of the molecule is CN(CCCCCNS(=O)(=O)c1cc(C(F)(F)F)cnc1N1CC[C@H]2[C@H](C[C@H]2O)C1)Cc1ccccc1. The van der Waals surface area contributed by atoms with E-state index in [0.29, 0.717) is 44.6 Å². The molecule has 2 aliphatic rings. The van der Waals surface area contributed by atoms with E-state index in [1.54, 1.807) is 4.90 Å². The third-order valence-corrected chi connectivity index (χ3v) is 8.85. The molecule has 1 saturated heterocycles. The normalized spacial score (nSPS) is 22.1. The molecule has 0 amide bonds. The number of fused-ring (bicyclic) bond motifs is 1. The number of pyridine rings is 1. The van der Waals surface area contributed by atoms with Gasteiger partial charge < -0.3 is 14.9 Å². The number of benzene rings is 1. The van der Waals surface area contributed by atoms with Crippen LogP contribution in [0.2, 0.25) is 0 Å². The van der Waals surface area contributed by atoms with E-state index in [0.717, 1.165) is 25.9 Å². The van der Waals surface area contributed by atoms with Crippen molar-refractivity contribution in [2.75, 3.05) is 38.1 Å². The number of piperidine rings is 1. The topological polar surface area (TPSA) is 85.8 Å². The van der Waals surface area contributed by atoms with Crippen molar-refractivity contribution in [2.45, 2.75) is 55.8 Å². The van der Waals surface area contributed by atoms with Crippen LogP contribution < -0.4 is 9.62 Å². The number of sulfonamides is 1. The molecular weight excluding hydrogens is 505 g/mol. The van der Waals surface area contributed by atoms with E-state index in [4.69, 9.17) is 0 Å². The average molecular weight is 541 g/mol. The van der Waals surface area contributed by atoms with Crippen molar-refractivity contribution in [1.82, 2.24) is 14.6 Å². The van der Waals surface area contributed by atoms with Gasteiger partial charge in [-0.25, -0.2) is 18.1 Å². The molecule has 0 radical (unpaired) electrons. The highest BCUT2D eigenvalue weighted by molar-refractivity contribution is 7.89. The number of nitrogens with one attached hydrogen (secondary N) is 1. The standard InChI is InChI=1S/C26H35F3N4O3S/c1-32(17-19-8-4-2-5-9-19)12-7-3-6-11-31-37(35,36)24-15-21(26(27,28)29)16-30-25(24)33-13-10-22-20(18-33)14-23(22)34/h2,4-5,8-9,15-16,20,22-23,31,34H,3,6-7,10-14,17-18H2,1H3/t20-,22+,23-/m1/s1. The third kappa shape index (κ3) is 7.01. The van der Waals surface area contributed by atoms with E-state index >= 15 is 0 Å². The molecule has 1 aliphatic carbocycles. The second-order valence-electron chi connectivity index (χ2n) is 10.2. The lowest BCUT2D eigenvalue weighted by Crippen LogP contribution is -2.53. The number of aliphatic hydroxyl groups excluding tert-OH is 1. The second kappa shape index (κ2) is 11.7. The van der Waals surface area contributed by atoms with E-state index < -0.39 is 26.7 Å². The van der Waals surface area contributed by atoms with Crippen molar-refractivity contribution in [3.05, 3.63) is 53.7 Å². The highest BCUT2D eigenvalue weighted by Crippen LogP contribution is 2.43. The summed E-state index contributed by atoms with van der Waals surface area (Å²) in [5.74, 6) is 0.398. The molecule has 1 saturated carbocycles. The average Bonchev–Trinajstić information content (AvgIpc) is 2.85. The van der Waals surface area contributed by atoms with Gasteiger partial charge in [-0.05, 0) is 62.7 Å². The molecule has 7 nitrogen and oxygen atoms in total. The molecule has 3 atom stereocenters. The largest absolute Gasteiger partial charge is 0.417 e. The fourth-order valence-electron chi connectivity index (χ4n) is 5.26. The number of aliphatic hydroxyl groups is 1. The quantitative estimate of drug-likeness (QED) is 0.421. The minimum Gasteiger partial charge on any atom is -0.393 e. The van der Waals surface area contributed by atoms with E-state index in [1.807, 2.05) is 25.2 Å². The van der Waals surface area contributed by atoms with Gasteiger partial charge in [0.25, 0.3) is 0 Å². The maximum Gasteiger partial charge on any atom is 0.417 e. The van der Waals surface area contributed by atoms with E-state index in [-0.39, 0.29) is 30.3 Å². The molecule has 0 spiro atoms. The number of anilines is 1. The molecule has 0 bridgehead atoms. The molecule has 4 rings (SSSR count). The Morgan fingerprint density at radius 1 is 1.19 bits per heavy atom. The fraction of sp³-hybridized carbons (Fsp3) is 0.577. The van der Waals surface area contributed by atoms with Crippen LogP contribution in [0.5, 0.6) is 0 Å². The second-order valence-corrected chi connectivity index (χ2v) is 11.9. The zero-order chi connectivity index (χ0) is 26.6. The molecular formula is C26H35F3N4O3S. The van der Waals surface area contributed by atoms with E-state index in [2.05, 4.69) is 26.7 Å². The smallest absolute Gasteiger partial charge is 0.393 e. The summed E-state index contributed by atoms with van der Waals surface area (Å²) in [4.78, 5) is 7.47. The summed E-state index contributed by atoms with van der Waals surface area (Å²) in [5, 5.41) is 9.90. The van der Waals surface area contributed by atoms with Crippen molar-refractivity contribution in [3.63, 3.8) is 0 Å². The van der Waals surface area contributed by atoms with Crippen LogP contribution >= 0.6 is 0 Å². The van der Waals surface area contributed by atoms with Gasteiger partial charge >= 0.3 is 6.18 Å². The van der Waals surface area contributed by atoms with Gasteiger partial charge in [-0.2, -0.15) is 13.2 Å². The lowest BCUT2D eigenvalue weighted by atomic mass is 9.67. The molecule has 1 aromatic carbocycles. The summed E-state index contributed by atoms with van der Waals surface area (Å²) in [5.41, 5.74) is 0.132.